The van der Waals surface area contributed by atoms with Crippen molar-refractivity contribution in [3.05, 3.63) is 21.9 Å². The lowest BCUT2D eigenvalue weighted by molar-refractivity contribution is -0.0150. The van der Waals surface area contributed by atoms with E-state index >= 15 is 0 Å². The first kappa shape index (κ1) is 16.5. The number of amides is 1. The number of carbonyl (C=O) groups excluding carboxylic acids is 1. The van der Waals surface area contributed by atoms with Crippen LogP contribution in [0, 0.1) is 0 Å². The predicted molar refractivity (Wildman–Crippen MR) is 86.9 cm³/mol. The van der Waals surface area contributed by atoms with Gasteiger partial charge in [0, 0.05) is 25.0 Å². The van der Waals surface area contributed by atoms with Gasteiger partial charge in [0.25, 0.3) is 5.91 Å². The van der Waals surface area contributed by atoms with E-state index in [0.717, 1.165) is 36.4 Å². The van der Waals surface area contributed by atoms with Crippen molar-refractivity contribution in [2.75, 3.05) is 20.1 Å². The third kappa shape index (κ3) is 4.53. The molecule has 21 heavy (non-hydrogen) atoms. The van der Waals surface area contributed by atoms with Crippen LogP contribution in [0.15, 0.2) is 11.4 Å². The number of nitrogens with one attached hydrogen (secondary N) is 1. The van der Waals surface area contributed by atoms with Crippen LogP contribution in [0.4, 0.5) is 0 Å². The normalized spacial score (nSPS) is 19.5. The van der Waals surface area contributed by atoms with Gasteiger partial charge < -0.3 is 15.3 Å². The minimum atomic E-state index is -0.676. The Hall–Kier alpha value is -0.910. The van der Waals surface area contributed by atoms with E-state index in [1.165, 1.54) is 11.3 Å². The highest BCUT2D eigenvalue weighted by Gasteiger charge is 2.33. The number of likely N-dealkylation sites (tertiary alicyclic amines) is 1. The summed E-state index contributed by atoms with van der Waals surface area (Å²) < 4.78 is 0. The number of hydrogen-bond donors (Lipinski definition) is 2. The minimum absolute atomic E-state index is 0.0379. The fraction of sp³-hybridized carbons (Fsp3) is 0.688. The van der Waals surface area contributed by atoms with Gasteiger partial charge in [0.05, 0.1) is 10.5 Å². The molecule has 0 spiro atoms. The summed E-state index contributed by atoms with van der Waals surface area (Å²) in [6, 6.07) is 1.97. The third-order valence-corrected chi connectivity index (χ3v) is 4.83. The van der Waals surface area contributed by atoms with E-state index in [0.29, 0.717) is 6.42 Å². The summed E-state index contributed by atoms with van der Waals surface area (Å²) in [6.07, 6.45) is 2.09. The topological polar surface area (TPSA) is 52.6 Å². The molecular formula is C16H26N2O2S. The molecule has 0 aliphatic carbocycles. The lowest BCUT2D eigenvalue weighted by atomic mass is 9.85. The van der Waals surface area contributed by atoms with Crippen LogP contribution < -0.4 is 5.32 Å². The minimum Gasteiger partial charge on any atom is -0.389 e. The van der Waals surface area contributed by atoms with Crippen LogP contribution in [0.25, 0.3) is 0 Å². The van der Waals surface area contributed by atoms with Gasteiger partial charge in [-0.1, -0.05) is 0 Å². The van der Waals surface area contributed by atoms with Crippen LogP contribution in [-0.4, -0.2) is 47.2 Å². The zero-order chi connectivity index (χ0) is 15.7. The Morgan fingerprint density at radius 3 is 2.62 bits per heavy atom. The number of nitrogens with zero attached hydrogens (tertiary/aromatic N) is 1. The fourth-order valence-electron chi connectivity index (χ4n) is 2.64. The van der Waals surface area contributed by atoms with Crippen molar-refractivity contribution in [3.63, 3.8) is 0 Å². The van der Waals surface area contributed by atoms with E-state index < -0.39 is 5.60 Å². The molecule has 0 radical (unpaired) electrons. The summed E-state index contributed by atoms with van der Waals surface area (Å²) in [5, 5.41) is 15.7. The van der Waals surface area contributed by atoms with Crippen molar-refractivity contribution in [1.29, 1.82) is 0 Å². The van der Waals surface area contributed by atoms with Crippen LogP contribution in [0.2, 0.25) is 0 Å². The lowest BCUT2D eigenvalue weighted by Crippen LogP contribution is -2.44. The van der Waals surface area contributed by atoms with E-state index in [4.69, 9.17) is 0 Å². The highest BCUT2D eigenvalue weighted by atomic mass is 32.1. The van der Waals surface area contributed by atoms with Crippen molar-refractivity contribution in [1.82, 2.24) is 10.2 Å². The van der Waals surface area contributed by atoms with Gasteiger partial charge in [-0.2, -0.15) is 0 Å². The molecule has 0 unspecified atom stereocenters. The van der Waals surface area contributed by atoms with Crippen molar-refractivity contribution in [3.8, 4) is 0 Å². The second-order valence-corrected chi connectivity index (χ2v) is 8.10. The molecular weight excluding hydrogens is 284 g/mol. The Morgan fingerprint density at radius 1 is 1.43 bits per heavy atom. The smallest absolute Gasteiger partial charge is 0.262 e. The van der Waals surface area contributed by atoms with Crippen LogP contribution in [0.5, 0.6) is 0 Å². The standard InChI is InChI=1S/C16H26N2O2S/c1-15(2,3)17-14(19)13-12(5-10-21-13)11-16(20)6-8-18(4)9-7-16/h5,10,20H,6-9,11H2,1-4H3,(H,17,19). The Balaban J connectivity index is 2.08. The van der Waals surface area contributed by atoms with Gasteiger partial charge in [-0.05, 0) is 57.7 Å². The van der Waals surface area contributed by atoms with Crippen LogP contribution in [0.1, 0.15) is 48.8 Å². The number of rotatable bonds is 3. The second kappa shape index (κ2) is 6.07. The first-order valence-corrected chi connectivity index (χ1v) is 8.36. The Morgan fingerprint density at radius 2 is 2.05 bits per heavy atom. The maximum Gasteiger partial charge on any atom is 0.262 e. The van der Waals surface area contributed by atoms with E-state index in [1.54, 1.807) is 0 Å². The van der Waals surface area contributed by atoms with Gasteiger partial charge in [-0.25, -0.2) is 0 Å². The molecule has 5 heteroatoms. The zero-order valence-electron chi connectivity index (χ0n) is 13.4. The fourth-order valence-corrected chi connectivity index (χ4v) is 3.46. The molecule has 0 aromatic carbocycles. The van der Waals surface area contributed by atoms with Crippen molar-refractivity contribution >= 4 is 17.2 Å². The Labute approximate surface area is 131 Å². The summed E-state index contributed by atoms with van der Waals surface area (Å²) in [4.78, 5) is 15.3. The molecule has 2 rings (SSSR count). The predicted octanol–water partition coefficient (Wildman–Crippen LogP) is 2.28. The number of carbonyl (C=O) groups is 1. The number of thiophene rings is 1. The summed E-state index contributed by atoms with van der Waals surface area (Å²) in [6.45, 7) is 7.74. The molecule has 1 aromatic heterocycles. The molecule has 1 saturated heterocycles. The van der Waals surface area contributed by atoms with Crippen molar-refractivity contribution in [2.24, 2.45) is 0 Å². The summed E-state index contributed by atoms with van der Waals surface area (Å²) >= 11 is 1.45. The summed E-state index contributed by atoms with van der Waals surface area (Å²) in [5.41, 5.74) is 0.0430. The maximum atomic E-state index is 12.3. The Bertz CT molecular complexity index is 497. The highest BCUT2D eigenvalue weighted by Crippen LogP contribution is 2.29. The molecule has 1 amide bonds. The zero-order valence-corrected chi connectivity index (χ0v) is 14.2. The van der Waals surface area contributed by atoms with Crippen LogP contribution in [0.3, 0.4) is 0 Å². The van der Waals surface area contributed by atoms with Gasteiger partial charge in [-0.3, -0.25) is 4.79 Å². The second-order valence-electron chi connectivity index (χ2n) is 7.18. The van der Waals surface area contributed by atoms with Crippen LogP contribution >= 0.6 is 11.3 Å². The molecule has 2 N–H and O–H groups in total. The van der Waals surface area contributed by atoms with E-state index in [9.17, 15) is 9.90 Å². The maximum absolute atomic E-state index is 12.3. The average molecular weight is 310 g/mol. The molecule has 1 aromatic rings. The van der Waals surface area contributed by atoms with Crippen molar-refractivity contribution < 1.29 is 9.90 Å². The molecule has 2 heterocycles. The SMILES string of the molecule is CN1CCC(O)(Cc2ccsc2C(=O)NC(C)(C)C)CC1. The van der Waals surface area contributed by atoms with Gasteiger partial charge >= 0.3 is 0 Å². The van der Waals surface area contributed by atoms with Crippen LogP contribution in [-0.2, 0) is 6.42 Å². The van der Waals surface area contributed by atoms with Gasteiger partial charge in [0.15, 0.2) is 0 Å². The lowest BCUT2D eigenvalue weighted by Gasteiger charge is -2.36. The molecule has 0 bridgehead atoms. The molecule has 4 nitrogen and oxygen atoms in total. The van der Waals surface area contributed by atoms with E-state index in [2.05, 4.69) is 17.3 Å². The van der Waals surface area contributed by atoms with Crippen molar-refractivity contribution in [2.45, 2.75) is 51.2 Å². The molecule has 0 saturated carbocycles. The van der Waals surface area contributed by atoms with E-state index in [-0.39, 0.29) is 11.4 Å². The summed E-state index contributed by atoms with van der Waals surface area (Å²) in [5.74, 6) is -0.0379. The molecule has 1 aliphatic heterocycles. The number of hydrogen-bond acceptors (Lipinski definition) is 4. The summed E-state index contributed by atoms with van der Waals surface area (Å²) in [7, 11) is 2.08. The molecule has 1 fully saturated rings. The molecule has 1 aliphatic rings. The number of piperidine rings is 1. The highest BCUT2D eigenvalue weighted by molar-refractivity contribution is 7.12. The quantitative estimate of drug-likeness (QED) is 0.900. The molecule has 118 valence electrons. The molecule has 0 atom stereocenters. The monoisotopic (exact) mass is 310 g/mol. The number of aliphatic hydroxyl groups is 1. The van der Waals surface area contributed by atoms with Gasteiger partial charge in [0.1, 0.15) is 0 Å². The Kier molecular flexibility index (Phi) is 4.76. The first-order valence-electron chi connectivity index (χ1n) is 7.48. The van der Waals surface area contributed by atoms with Gasteiger partial charge in [0.2, 0.25) is 0 Å². The largest absolute Gasteiger partial charge is 0.389 e. The third-order valence-electron chi connectivity index (χ3n) is 3.88. The first-order chi connectivity index (χ1) is 9.69. The average Bonchev–Trinajstić information content (AvgIpc) is 2.79. The van der Waals surface area contributed by atoms with Gasteiger partial charge in [-0.15, -0.1) is 11.3 Å². The van der Waals surface area contributed by atoms with E-state index in [1.807, 2.05) is 32.2 Å².